The molecular formula is C17H10Cl2N2O3S. The summed E-state index contributed by atoms with van der Waals surface area (Å²) in [5.74, 6) is 1.00. The lowest BCUT2D eigenvalue weighted by Gasteiger charge is -2.16. The minimum atomic E-state index is -0.308. The third-order valence-electron chi connectivity index (χ3n) is 3.67. The second-order valence-corrected chi connectivity index (χ2v) is 7.14. The zero-order chi connectivity index (χ0) is 17.6. The second-order valence-electron chi connectivity index (χ2n) is 5.26. The quantitative estimate of drug-likeness (QED) is 0.747. The van der Waals surface area contributed by atoms with Gasteiger partial charge in [-0.3, -0.25) is 15.1 Å². The van der Waals surface area contributed by atoms with Crippen LogP contribution in [0.5, 0.6) is 11.5 Å². The zero-order valence-corrected chi connectivity index (χ0v) is 14.9. The second kappa shape index (κ2) is 6.29. The van der Waals surface area contributed by atoms with Crippen LogP contribution in [0.15, 0.2) is 41.3 Å². The molecule has 2 aromatic carbocycles. The standard InChI is InChI=1S/C17H10Cl2N2O3S/c18-10-2-3-12(11(19)7-10)21-16(22)15(25-17(21)20)6-9-1-4-13-14(5-9)24-8-23-13/h1-7,20H,8H2/b15-6+,20-17?. The molecule has 8 heteroatoms. The number of fused-ring (bicyclic) bond motifs is 1. The first-order chi connectivity index (χ1) is 12.0. The first kappa shape index (κ1) is 16.3. The summed E-state index contributed by atoms with van der Waals surface area (Å²) in [5.41, 5.74) is 1.22. The highest BCUT2D eigenvalue weighted by Gasteiger charge is 2.34. The molecule has 0 unspecified atom stereocenters. The van der Waals surface area contributed by atoms with Crippen LogP contribution in [-0.2, 0) is 4.79 Å². The predicted molar refractivity (Wildman–Crippen MR) is 99.8 cm³/mol. The van der Waals surface area contributed by atoms with Crippen molar-refractivity contribution in [1.29, 1.82) is 5.41 Å². The first-order valence-electron chi connectivity index (χ1n) is 7.20. The van der Waals surface area contributed by atoms with Crippen LogP contribution in [0, 0.1) is 5.41 Å². The highest BCUT2D eigenvalue weighted by molar-refractivity contribution is 8.19. The van der Waals surface area contributed by atoms with Crippen molar-refractivity contribution < 1.29 is 14.3 Å². The van der Waals surface area contributed by atoms with Crippen LogP contribution in [0.3, 0.4) is 0 Å². The molecule has 2 aliphatic rings. The molecule has 1 amide bonds. The SMILES string of the molecule is N=C1S/C(=C/c2ccc3c(c2)OCO3)C(=O)N1c1ccc(Cl)cc1Cl. The topological polar surface area (TPSA) is 62.6 Å². The monoisotopic (exact) mass is 392 g/mol. The van der Waals surface area contributed by atoms with E-state index in [2.05, 4.69) is 0 Å². The van der Waals surface area contributed by atoms with Crippen LogP contribution in [0.25, 0.3) is 6.08 Å². The summed E-state index contributed by atoms with van der Waals surface area (Å²) in [6.45, 7) is 0.191. The van der Waals surface area contributed by atoms with Gasteiger partial charge in [-0.05, 0) is 53.7 Å². The Morgan fingerprint density at radius 3 is 2.72 bits per heavy atom. The number of nitrogens with one attached hydrogen (secondary N) is 1. The molecule has 25 heavy (non-hydrogen) atoms. The molecule has 0 atom stereocenters. The number of nitrogens with zero attached hydrogens (tertiary/aromatic N) is 1. The highest BCUT2D eigenvalue weighted by Crippen LogP contribution is 2.40. The van der Waals surface area contributed by atoms with Crippen molar-refractivity contribution in [2.45, 2.75) is 0 Å². The van der Waals surface area contributed by atoms with Gasteiger partial charge in [-0.2, -0.15) is 0 Å². The third kappa shape index (κ3) is 2.97. The van der Waals surface area contributed by atoms with Gasteiger partial charge in [0.05, 0.1) is 15.6 Å². The number of amides is 1. The predicted octanol–water partition coefficient (Wildman–Crippen LogP) is 4.78. The number of halogens is 2. The fourth-order valence-electron chi connectivity index (χ4n) is 2.52. The van der Waals surface area contributed by atoms with Crippen LogP contribution >= 0.6 is 35.0 Å². The lowest BCUT2D eigenvalue weighted by atomic mass is 10.2. The van der Waals surface area contributed by atoms with Crippen molar-refractivity contribution in [3.05, 3.63) is 56.9 Å². The van der Waals surface area contributed by atoms with E-state index in [1.165, 1.54) is 4.90 Å². The molecule has 4 rings (SSSR count). The highest BCUT2D eigenvalue weighted by atomic mass is 35.5. The molecule has 2 aliphatic heterocycles. The van der Waals surface area contributed by atoms with Crippen molar-refractivity contribution in [2.24, 2.45) is 0 Å². The third-order valence-corrected chi connectivity index (χ3v) is 5.09. The number of rotatable bonds is 2. The van der Waals surface area contributed by atoms with E-state index in [1.54, 1.807) is 36.4 Å². The number of anilines is 1. The molecule has 1 saturated heterocycles. The van der Waals surface area contributed by atoms with E-state index in [4.69, 9.17) is 38.1 Å². The molecule has 5 nitrogen and oxygen atoms in total. The molecule has 1 fully saturated rings. The Morgan fingerprint density at radius 2 is 1.92 bits per heavy atom. The maximum Gasteiger partial charge on any atom is 0.271 e. The van der Waals surface area contributed by atoms with Gasteiger partial charge in [0.2, 0.25) is 6.79 Å². The Hall–Kier alpha value is -2.15. The molecule has 0 radical (unpaired) electrons. The number of hydrogen-bond donors (Lipinski definition) is 1. The summed E-state index contributed by atoms with van der Waals surface area (Å²) in [6, 6.07) is 10.2. The van der Waals surface area contributed by atoms with Gasteiger partial charge in [0.15, 0.2) is 16.7 Å². The Balaban J connectivity index is 1.67. The molecule has 2 heterocycles. The minimum absolute atomic E-state index is 0.0845. The van der Waals surface area contributed by atoms with E-state index >= 15 is 0 Å². The number of ether oxygens (including phenoxy) is 2. The van der Waals surface area contributed by atoms with E-state index in [9.17, 15) is 4.79 Å². The van der Waals surface area contributed by atoms with E-state index in [-0.39, 0.29) is 17.9 Å². The average molecular weight is 393 g/mol. The number of hydrogen-bond acceptors (Lipinski definition) is 5. The van der Waals surface area contributed by atoms with Crippen molar-refractivity contribution >= 4 is 57.8 Å². The van der Waals surface area contributed by atoms with Gasteiger partial charge in [-0.15, -0.1) is 0 Å². The number of amidine groups is 1. The Bertz CT molecular complexity index is 945. The lowest BCUT2D eigenvalue weighted by Crippen LogP contribution is -2.28. The largest absolute Gasteiger partial charge is 0.454 e. The smallest absolute Gasteiger partial charge is 0.271 e. The van der Waals surface area contributed by atoms with Crippen molar-refractivity contribution in [1.82, 2.24) is 0 Å². The van der Waals surface area contributed by atoms with Gasteiger partial charge in [0.1, 0.15) is 0 Å². The fraction of sp³-hybridized carbons (Fsp3) is 0.0588. The van der Waals surface area contributed by atoms with Gasteiger partial charge < -0.3 is 9.47 Å². The van der Waals surface area contributed by atoms with Crippen LogP contribution < -0.4 is 14.4 Å². The Kier molecular flexibility index (Phi) is 4.11. The van der Waals surface area contributed by atoms with Gasteiger partial charge in [-0.25, -0.2) is 0 Å². The molecule has 0 saturated carbocycles. The normalized spacial score (nSPS) is 17.7. The number of carbonyl (C=O) groups is 1. The van der Waals surface area contributed by atoms with Gasteiger partial charge in [0.25, 0.3) is 5.91 Å². The van der Waals surface area contributed by atoms with Crippen molar-refractivity contribution in [3.8, 4) is 11.5 Å². The van der Waals surface area contributed by atoms with Crippen LogP contribution in [-0.4, -0.2) is 17.9 Å². The molecule has 0 spiro atoms. The zero-order valence-electron chi connectivity index (χ0n) is 12.6. The molecule has 0 bridgehead atoms. The maximum atomic E-state index is 12.7. The summed E-state index contributed by atoms with van der Waals surface area (Å²) in [7, 11) is 0. The maximum absolute atomic E-state index is 12.7. The summed E-state index contributed by atoms with van der Waals surface area (Å²) < 4.78 is 10.6. The molecular weight excluding hydrogens is 383 g/mol. The summed E-state index contributed by atoms with van der Waals surface area (Å²) in [5, 5.41) is 9.00. The van der Waals surface area contributed by atoms with Crippen LogP contribution in [0.1, 0.15) is 5.56 Å². The number of thioether (sulfide) groups is 1. The molecule has 1 N–H and O–H groups in total. The van der Waals surface area contributed by atoms with Gasteiger partial charge >= 0.3 is 0 Å². The van der Waals surface area contributed by atoms with Gasteiger partial charge in [0, 0.05) is 5.02 Å². The lowest BCUT2D eigenvalue weighted by molar-refractivity contribution is -0.113. The van der Waals surface area contributed by atoms with Crippen molar-refractivity contribution in [2.75, 3.05) is 11.7 Å². The van der Waals surface area contributed by atoms with Crippen LogP contribution in [0.4, 0.5) is 5.69 Å². The fourth-order valence-corrected chi connectivity index (χ4v) is 3.87. The average Bonchev–Trinajstić information content (AvgIpc) is 3.13. The van der Waals surface area contributed by atoms with E-state index in [0.717, 1.165) is 17.3 Å². The van der Waals surface area contributed by atoms with Crippen LogP contribution in [0.2, 0.25) is 10.0 Å². The Labute approximate surface area is 157 Å². The number of benzene rings is 2. The van der Waals surface area contributed by atoms with E-state index in [0.29, 0.717) is 32.1 Å². The van der Waals surface area contributed by atoms with Gasteiger partial charge in [-0.1, -0.05) is 29.3 Å². The summed E-state index contributed by atoms with van der Waals surface area (Å²) >= 11 is 13.2. The molecule has 0 aliphatic carbocycles. The summed E-state index contributed by atoms with van der Waals surface area (Å²) in [4.78, 5) is 14.4. The molecule has 2 aromatic rings. The number of carbonyl (C=O) groups excluding carboxylic acids is 1. The minimum Gasteiger partial charge on any atom is -0.454 e. The van der Waals surface area contributed by atoms with Crippen molar-refractivity contribution in [3.63, 3.8) is 0 Å². The Morgan fingerprint density at radius 1 is 1.12 bits per heavy atom. The van der Waals surface area contributed by atoms with E-state index in [1.807, 2.05) is 6.07 Å². The van der Waals surface area contributed by atoms with E-state index < -0.39 is 0 Å². The molecule has 0 aromatic heterocycles. The summed E-state index contributed by atoms with van der Waals surface area (Å²) in [6.07, 6.45) is 1.72. The first-order valence-corrected chi connectivity index (χ1v) is 8.77. The molecule has 126 valence electrons.